The molecule has 0 fully saturated rings. The Morgan fingerprint density at radius 2 is 1.65 bits per heavy atom. The second-order valence-corrected chi connectivity index (χ2v) is 7.21. The summed E-state index contributed by atoms with van der Waals surface area (Å²) in [6.07, 6.45) is 5.36. The molecule has 0 saturated carbocycles. The fourth-order valence-corrected chi connectivity index (χ4v) is 2.06. The van der Waals surface area contributed by atoms with Gasteiger partial charge in [0.2, 0.25) is 0 Å². The zero-order valence-corrected chi connectivity index (χ0v) is 12.3. The van der Waals surface area contributed by atoms with Crippen LogP contribution in [-0.4, -0.2) is 5.78 Å². The zero-order chi connectivity index (χ0) is 13.4. The second kappa shape index (κ2) is 4.44. The molecule has 0 N–H and O–H groups in total. The first-order valence-corrected chi connectivity index (χ1v) is 6.45. The topological polar surface area (TPSA) is 17.1 Å². The lowest BCUT2D eigenvalue weighted by atomic mass is 9.72. The SMILES string of the molecule is CC(=O)C1C=C(C(C)(C)C)C=C(C(C)(C)C)C1. The van der Waals surface area contributed by atoms with Crippen molar-refractivity contribution in [2.45, 2.75) is 54.9 Å². The van der Waals surface area contributed by atoms with Crippen LogP contribution in [0.2, 0.25) is 0 Å². The average Bonchev–Trinajstić information content (AvgIpc) is 2.14. The minimum Gasteiger partial charge on any atom is -0.299 e. The molecule has 0 heterocycles. The molecule has 0 radical (unpaired) electrons. The molecule has 17 heavy (non-hydrogen) atoms. The van der Waals surface area contributed by atoms with E-state index in [-0.39, 0.29) is 22.5 Å². The normalized spacial score (nSPS) is 21.9. The largest absolute Gasteiger partial charge is 0.299 e. The number of allylic oxidation sites excluding steroid dienone is 4. The molecule has 0 aromatic heterocycles. The smallest absolute Gasteiger partial charge is 0.136 e. The van der Waals surface area contributed by atoms with E-state index in [1.54, 1.807) is 6.92 Å². The van der Waals surface area contributed by atoms with Crippen LogP contribution in [0.3, 0.4) is 0 Å². The molecule has 0 aromatic carbocycles. The number of carbonyl (C=O) groups is 1. The molecule has 0 aromatic rings. The lowest BCUT2D eigenvalue weighted by Crippen LogP contribution is -2.23. The maximum absolute atomic E-state index is 11.7. The number of Topliss-reactive ketones (excluding diaryl/α,β-unsaturated/α-hetero) is 1. The third-order valence-electron chi connectivity index (χ3n) is 3.50. The lowest BCUT2D eigenvalue weighted by Gasteiger charge is -2.33. The monoisotopic (exact) mass is 234 g/mol. The Labute approximate surface area is 106 Å². The molecule has 1 unspecified atom stereocenters. The minimum absolute atomic E-state index is 0.0726. The summed E-state index contributed by atoms with van der Waals surface area (Å²) in [5.41, 5.74) is 2.96. The molecule has 0 amide bonds. The van der Waals surface area contributed by atoms with E-state index >= 15 is 0 Å². The summed E-state index contributed by atoms with van der Waals surface area (Å²) in [5, 5.41) is 0. The Balaban J connectivity index is 3.17. The first kappa shape index (κ1) is 14.2. The van der Waals surface area contributed by atoms with Crippen molar-refractivity contribution in [1.82, 2.24) is 0 Å². The molecule has 0 aliphatic heterocycles. The maximum Gasteiger partial charge on any atom is 0.136 e. The highest BCUT2D eigenvalue weighted by molar-refractivity contribution is 5.81. The number of hydrogen-bond acceptors (Lipinski definition) is 1. The van der Waals surface area contributed by atoms with E-state index in [0.717, 1.165) is 6.42 Å². The Hall–Kier alpha value is -0.850. The minimum atomic E-state index is 0.0726. The fourth-order valence-electron chi connectivity index (χ4n) is 2.06. The fraction of sp³-hybridized carbons (Fsp3) is 0.688. The summed E-state index contributed by atoms with van der Waals surface area (Å²) in [6.45, 7) is 15.0. The van der Waals surface area contributed by atoms with Crippen LogP contribution in [0.25, 0.3) is 0 Å². The summed E-state index contributed by atoms with van der Waals surface area (Å²) in [5.74, 6) is 0.352. The summed E-state index contributed by atoms with van der Waals surface area (Å²) in [6, 6.07) is 0. The highest BCUT2D eigenvalue weighted by Crippen LogP contribution is 2.40. The quantitative estimate of drug-likeness (QED) is 0.651. The molecular formula is C16H26O. The van der Waals surface area contributed by atoms with Gasteiger partial charge in [0.15, 0.2) is 0 Å². The van der Waals surface area contributed by atoms with Crippen molar-refractivity contribution in [2.24, 2.45) is 16.7 Å². The van der Waals surface area contributed by atoms with E-state index in [1.165, 1.54) is 11.1 Å². The number of rotatable bonds is 1. The third kappa shape index (κ3) is 3.55. The molecule has 1 rings (SSSR count). The number of ketones is 1. The van der Waals surface area contributed by atoms with Crippen LogP contribution in [0.1, 0.15) is 54.9 Å². The van der Waals surface area contributed by atoms with Crippen LogP contribution in [0.4, 0.5) is 0 Å². The molecule has 96 valence electrons. The predicted octanol–water partition coefficient (Wildman–Crippen LogP) is 4.54. The van der Waals surface area contributed by atoms with E-state index in [0.29, 0.717) is 0 Å². The van der Waals surface area contributed by atoms with Crippen molar-refractivity contribution in [3.63, 3.8) is 0 Å². The van der Waals surface area contributed by atoms with Crippen molar-refractivity contribution in [3.05, 3.63) is 23.3 Å². The Morgan fingerprint density at radius 1 is 1.12 bits per heavy atom. The first-order valence-electron chi connectivity index (χ1n) is 6.45. The third-order valence-corrected chi connectivity index (χ3v) is 3.50. The van der Waals surface area contributed by atoms with Gasteiger partial charge in [0.05, 0.1) is 0 Å². The van der Waals surface area contributed by atoms with Gasteiger partial charge in [-0.3, -0.25) is 4.79 Å². The Morgan fingerprint density at radius 3 is 2.00 bits per heavy atom. The molecule has 0 bridgehead atoms. The highest BCUT2D eigenvalue weighted by atomic mass is 16.1. The standard InChI is InChI=1S/C16H26O/c1-11(17)12-8-13(15(2,3)4)10-14(9-12)16(5,6)7/h8,10,12H,9H2,1-7H3. The Kier molecular flexibility index (Phi) is 3.71. The summed E-state index contributed by atoms with van der Waals surface area (Å²) in [7, 11) is 0. The van der Waals surface area contributed by atoms with Gasteiger partial charge in [-0.1, -0.05) is 59.3 Å². The summed E-state index contributed by atoms with van der Waals surface area (Å²) in [4.78, 5) is 11.7. The van der Waals surface area contributed by atoms with Crippen LogP contribution in [0.15, 0.2) is 23.3 Å². The van der Waals surface area contributed by atoms with E-state index in [1.807, 2.05) is 0 Å². The van der Waals surface area contributed by atoms with E-state index in [2.05, 4.69) is 53.7 Å². The summed E-state index contributed by atoms with van der Waals surface area (Å²) < 4.78 is 0. The molecule has 0 saturated heterocycles. The molecule has 1 atom stereocenters. The molecular weight excluding hydrogens is 208 g/mol. The molecule has 1 aliphatic carbocycles. The van der Waals surface area contributed by atoms with Gasteiger partial charge in [-0.15, -0.1) is 0 Å². The lowest BCUT2D eigenvalue weighted by molar-refractivity contribution is -0.119. The van der Waals surface area contributed by atoms with Gasteiger partial charge in [0, 0.05) is 5.92 Å². The van der Waals surface area contributed by atoms with Crippen molar-refractivity contribution in [2.75, 3.05) is 0 Å². The van der Waals surface area contributed by atoms with Crippen molar-refractivity contribution in [1.29, 1.82) is 0 Å². The van der Waals surface area contributed by atoms with Gasteiger partial charge in [-0.2, -0.15) is 0 Å². The second-order valence-electron chi connectivity index (χ2n) is 7.21. The van der Waals surface area contributed by atoms with Gasteiger partial charge in [0.25, 0.3) is 0 Å². The average molecular weight is 234 g/mol. The van der Waals surface area contributed by atoms with Gasteiger partial charge < -0.3 is 0 Å². The van der Waals surface area contributed by atoms with Crippen LogP contribution in [0, 0.1) is 16.7 Å². The number of hydrogen-bond donors (Lipinski definition) is 0. The van der Waals surface area contributed by atoms with Gasteiger partial charge >= 0.3 is 0 Å². The summed E-state index contributed by atoms with van der Waals surface area (Å²) >= 11 is 0. The van der Waals surface area contributed by atoms with Crippen LogP contribution < -0.4 is 0 Å². The molecule has 1 nitrogen and oxygen atoms in total. The molecule has 0 spiro atoms. The predicted molar refractivity (Wildman–Crippen MR) is 73.9 cm³/mol. The Bertz CT molecular complexity index is 369. The van der Waals surface area contributed by atoms with E-state index < -0.39 is 0 Å². The van der Waals surface area contributed by atoms with Gasteiger partial charge in [-0.25, -0.2) is 0 Å². The van der Waals surface area contributed by atoms with Gasteiger partial charge in [-0.05, 0) is 29.7 Å². The maximum atomic E-state index is 11.7. The van der Waals surface area contributed by atoms with Crippen LogP contribution in [0.5, 0.6) is 0 Å². The van der Waals surface area contributed by atoms with Gasteiger partial charge in [0.1, 0.15) is 5.78 Å². The van der Waals surface area contributed by atoms with Crippen molar-refractivity contribution < 1.29 is 4.79 Å². The number of carbonyl (C=O) groups excluding carboxylic acids is 1. The van der Waals surface area contributed by atoms with E-state index in [4.69, 9.17) is 0 Å². The van der Waals surface area contributed by atoms with Crippen molar-refractivity contribution >= 4 is 5.78 Å². The van der Waals surface area contributed by atoms with Crippen molar-refractivity contribution in [3.8, 4) is 0 Å². The van der Waals surface area contributed by atoms with Crippen LogP contribution in [-0.2, 0) is 4.79 Å². The zero-order valence-electron chi connectivity index (χ0n) is 12.3. The first-order chi connectivity index (χ1) is 7.51. The van der Waals surface area contributed by atoms with Crippen LogP contribution >= 0.6 is 0 Å². The molecule has 1 aliphatic rings. The molecule has 1 heteroatoms. The van der Waals surface area contributed by atoms with E-state index in [9.17, 15) is 4.79 Å². The highest BCUT2D eigenvalue weighted by Gasteiger charge is 2.29.